The summed E-state index contributed by atoms with van der Waals surface area (Å²) in [6.07, 6.45) is 4.63. The lowest BCUT2D eigenvalue weighted by Gasteiger charge is -2.11. The molecule has 100 valence electrons. The van der Waals surface area contributed by atoms with Gasteiger partial charge in [-0.15, -0.1) is 0 Å². The monoisotopic (exact) mass is 250 g/mol. The zero-order chi connectivity index (χ0) is 13.4. The van der Waals surface area contributed by atoms with Gasteiger partial charge in [0.05, 0.1) is 0 Å². The number of nitrogens with zero attached hydrogens (tertiary/aromatic N) is 2. The summed E-state index contributed by atoms with van der Waals surface area (Å²) >= 11 is 0. The first kappa shape index (κ1) is 14.4. The Morgan fingerprint density at radius 3 is 2.89 bits per heavy atom. The van der Waals surface area contributed by atoms with E-state index in [1.165, 1.54) is 0 Å². The number of anilines is 1. The van der Waals surface area contributed by atoms with Gasteiger partial charge in [-0.1, -0.05) is 20.3 Å². The molecule has 2 N–H and O–H groups in total. The third kappa shape index (κ3) is 4.69. The molecular formula is C13H22N4O. The van der Waals surface area contributed by atoms with Crippen LogP contribution in [0.5, 0.6) is 0 Å². The number of amides is 1. The summed E-state index contributed by atoms with van der Waals surface area (Å²) in [5.41, 5.74) is 0.409. The first-order chi connectivity index (χ1) is 8.67. The molecule has 0 spiro atoms. The van der Waals surface area contributed by atoms with Crippen LogP contribution in [0.4, 0.5) is 5.95 Å². The zero-order valence-corrected chi connectivity index (χ0v) is 11.4. The second-order valence-electron chi connectivity index (χ2n) is 4.33. The maximum absolute atomic E-state index is 11.8. The van der Waals surface area contributed by atoms with Gasteiger partial charge in [0.15, 0.2) is 0 Å². The van der Waals surface area contributed by atoms with Crippen LogP contribution in [0.2, 0.25) is 0 Å². The van der Waals surface area contributed by atoms with Gasteiger partial charge in [-0.05, 0) is 25.8 Å². The molecular weight excluding hydrogens is 228 g/mol. The summed E-state index contributed by atoms with van der Waals surface area (Å²) in [4.78, 5) is 20.1. The number of unbranched alkanes of at least 4 members (excludes halogenated alkanes) is 1. The van der Waals surface area contributed by atoms with E-state index in [0.29, 0.717) is 24.2 Å². The van der Waals surface area contributed by atoms with Crippen LogP contribution < -0.4 is 10.6 Å². The van der Waals surface area contributed by atoms with Crippen molar-refractivity contribution in [2.45, 2.75) is 46.1 Å². The van der Waals surface area contributed by atoms with Crippen LogP contribution in [0, 0.1) is 0 Å². The second-order valence-corrected chi connectivity index (χ2v) is 4.33. The third-order valence-corrected chi connectivity index (χ3v) is 2.69. The molecule has 0 saturated carbocycles. The van der Waals surface area contributed by atoms with Crippen LogP contribution in [0.25, 0.3) is 0 Å². The molecule has 0 saturated heterocycles. The van der Waals surface area contributed by atoms with E-state index in [2.05, 4.69) is 41.4 Å². The van der Waals surface area contributed by atoms with E-state index < -0.39 is 0 Å². The Bertz CT molecular complexity index is 381. The summed E-state index contributed by atoms with van der Waals surface area (Å²) in [5, 5.41) is 5.99. The summed E-state index contributed by atoms with van der Waals surface area (Å²) < 4.78 is 0. The van der Waals surface area contributed by atoms with Crippen LogP contribution >= 0.6 is 0 Å². The van der Waals surface area contributed by atoms with Crippen LogP contribution in [0.3, 0.4) is 0 Å². The lowest BCUT2D eigenvalue weighted by molar-refractivity contribution is 0.0948. The molecule has 0 fully saturated rings. The summed E-state index contributed by atoms with van der Waals surface area (Å²) in [5.74, 6) is 0.366. The average molecular weight is 250 g/mol. The fourth-order valence-corrected chi connectivity index (χ4v) is 1.35. The van der Waals surface area contributed by atoms with E-state index in [1.807, 2.05) is 0 Å². The highest BCUT2D eigenvalue weighted by Gasteiger charge is 2.08. The number of nitrogens with one attached hydrogen (secondary N) is 2. The predicted octanol–water partition coefficient (Wildman–Crippen LogP) is 2.22. The van der Waals surface area contributed by atoms with Gasteiger partial charge in [0, 0.05) is 18.8 Å². The fourth-order valence-electron chi connectivity index (χ4n) is 1.35. The molecule has 1 aromatic heterocycles. The summed E-state index contributed by atoms with van der Waals surface area (Å²) in [7, 11) is 0. The van der Waals surface area contributed by atoms with Gasteiger partial charge in [0.1, 0.15) is 5.69 Å². The number of carbonyl (C=O) groups excluding carboxylic acids is 1. The highest BCUT2D eigenvalue weighted by Crippen LogP contribution is 2.04. The maximum atomic E-state index is 11.8. The summed E-state index contributed by atoms with van der Waals surface area (Å²) in [6, 6.07) is 1.92. The molecule has 5 heteroatoms. The molecule has 1 rings (SSSR count). The van der Waals surface area contributed by atoms with Crippen LogP contribution in [-0.4, -0.2) is 28.5 Å². The Balaban J connectivity index is 2.60. The number of rotatable bonds is 7. The minimum absolute atomic E-state index is 0.141. The largest absolute Gasteiger partial charge is 0.352 e. The number of carbonyl (C=O) groups is 1. The quantitative estimate of drug-likeness (QED) is 0.728. The molecule has 0 aromatic carbocycles. The second kappa shape index (κ2) is 7.63. The van der Waals surface area contributed by atoms with Gasteiger partial charge in [0.25, 0.3) is 5.91 Å². The molecule has 1 heterocycles. The van der Waals surface area contributed by atoms with Crippen molar-refractivity contribution in [3.63, 3.8) is 0 Å². The molecule has 0 bridgehead atoms. The van der Waals surface area contributed by atoms with E-state index in [-0.39, 0.29) is 5.91 Å². The average Bonchev–Trinajstić information content (AvgIpc) is 2.39. The molecule has 5 nitrogen and oxygen atoms in total. The van der Waals surface area contributed by atoms with Crippen molar-refractivity contribution in [1.29, 1.82) is 0 Å². The lowest BCUT2D eigenvalue weighted by Crippen LogP contribution is -2.26. The van der Waals surface area contributed by atoms with Crippen molar-refractivity contribution in [3.8, 4) is 0 Å². The van der Waals surface area contributed by atoms with Crippen LogP contribution in [-0.2, 0) is 0 Å². The normalized spacial score (nSPS) is 11.9. The van der Waals surface area contributed by atoms with Crippen molar-refractivity contribution >= 4 is 11.9 Å². The van der Waals surface area contributed by atoms with E-state index in [9.17, 15) is 4.79 Å². The van der Waals surface area contributed by atoms with Gasteiger partial charge >= 0.3 is 0 Å². The standard InChI is InChI=1S/C13H22N4O/c1-4-6-8-14-12(18)11-7-9-15-13(17-11)16-10(3)5-2/h7,9-10H,4-6,8H2,1-3H3,(H,14,18)(H,15,16,17). The predicted molar refractivity (Wildman–Crippen MR) is 72.6 cm³/mol. The number of hydrogen-bond donors (Lipinski definition) is 2. The number of hydrogen-bond acceptors (Lipinski definition) is 4. The van der Waals surface area contributed by atoms with E-state index >= 15 is 0 Å². The highest BCUT2D eigenvalue weighted by atomic mass is 16.1. The fraction of sp³-hybridized carbons (Fsp3) is 0.615. The minimum atomic E-state index is -0.141. The molecule has 1 amide bonds. The molecule has 0 aliphatic heterocycles. The Morgan fingerprint density at radius 1 is 1.44 bits per heavy atom. The van der Waals surface area contributed by atoms with E-state index in [4.69, 9.17) is 0 Å². The Labute approximate surface area is 108 Å². The molecule has 0 radical (unpaired) electrons. The van der Waals surface area contributed by atoms with Crippen LogP contribution in [0.1, 0.15) is 50.5 Å². The molecule has 18 heavy (non-hydrogen) atoms. The van der Waals surface area contributed by atoms with Gasteiger partial charge in [-0.2, -0.15) is 0 Å². The molecule has 0 aliphatic rings. The van der Waals surface area contributed by atoms with E-state index in [1.54, 1.807) is 12.3 Å². The first-order valence-corrected chi connectivity index (χ1v) is 6.55. The van der Waals surface area contributed by atoms with Crippen molar-refractivity contribution in [2.24, 2.45) is 0 Å². The van der Waals surface area contributed by atoms with Crippen LogP contribution in [0.15, 0.2) is 12.3 Å². The van der Waals surface area contributed by atoms with Crippen molar-refractivity contribution < 1.29 is 4.79 Å². The van der Waals surface area contributed by atoms with Crippen molar-refractivity contribution in [1.82, 2.24) is 15.3 Å². The smallest absolute Gasteiger partial charge is 0.270 e. The van der Waals surface area contributed by atoms with Crippen molar-refractivity contribution in [2.75, 3.05) is 11.9 Å². The van der Waals surface area contributed by atoms with Gasteiger partial charge < -0.3 is 10.6 Å². The van der Waals surface area contributed by atoms with Gasteiger partial charge in [-0.3, -0.25) is 4.79 Å². The lowest BCUT2D eigenvalue weighted by atomic mass is 10.3. The topological polar surface area (TPSA) is 66.9 Å². The van der Waals surface area contributed by atoms with Gasteiger partial charge in [-0.25, -0.2) is 9.97 Å². The Morgan fingerprint density at radius 2 is 2.22 bits per heavy atom. The molecule has 1 atom stereocenters. The van der Waals surface area contributed by atoms with Crippen molar-refractivity contribution in [3.05, 3.63) is 18.0 Å². The summed E-state index contributed by atoms with van der Waals surface area (Å²) in [6.45, 7) is 6.91. The Hall–Kier alpha value is -1.65. The van der Waals surface area contributed by atoms with Gasteiger partial charge in [0.2, 0.25) is 5.95 Å². The minimum Gasteiger partial charge on any atom is -0.352 e. The molecule has 1 aromatic rings. The SMILES string of the molecule is CCCCNC(=O)c1ccnc(NC(C)CC)n1. The first-order valence-electron chi connectivity index (χ1n) is 6.55. The van der Waals surface area contributed by atoms with E-state index in [0.717, 1.165) is 19.3 Å². The number of aromatic nitrogens is 2. The highest BCUT2D eigenvalue weighted by molar-refractivity contribution is 5.92. The Kier molecular flexibility index (Phi) is 6.11. The molecule has 1 unspecified atom stereocenters. The molecule has 0 aliphatic carbocycles. The third-order valence-electron chi connectivity index (χ3n) is 2.69. The zero-order valence-electron chi connectivity index (χ0n) is 11.4. The maximum Gasteiger partial charge on any atom is 0.270 e.